The van der Waals surface area contributed by atoms with Crippen LogP contribution in [0.15, 0.2) is 42.5 Å². The highest BCUT2D eigenvalue weighted by atomic mass is 35.5. The third-order valence-electron chi connectivity index (χ3n) is 2.69. The lowest BCUT2D eigenvalue weighted by Crippen LogP contribution is -2.12. The summed E-state index contributed by atoms with van der Waals surface area (Å²) in [6.07, 6.45) is 0. The fourth-order valence-corrected chi connectivity index (χ4v) is 3.12. The van der Waals surface area contributed by atoms with E-state index >= 15 is 0 Å². The van der Waals surface area contributed by atoms with Crippen molar-refractivity contribution in [3.05, 3.63) is 58.1 Å². The number of rotatable bonds is 2. The zero-order chi connectivity index (χ0) is 14.1. The third-order valence-corrected chi connectivity index (χ3v) is 4.19. The van der Waals surface area contributed by atoms with Crippen LogP contribution in [-0.2, 0) is 0 Å². The Morgan fingerprint density at radius 2 is 1.95 bits per heavy atom. The molecule has 0 unspecified atom stereocenters. The van der Waals surface area contributed by atoms with Crippen molar-refractivity contribution in [3.8, 4) is 0 Å². The van der Waals surface area contributed by atoms with Crippen molar-refractivity contribution in [1.29, 1.82) is 0 Å². The Labute approximate surface area is 129 Å². The minimum Gasteiger partial charge on any atom is -0.298 e. The number of thiazole rings is 1. The molecule has 1 amide bonds. The van der Waals surface area contributed by atoms with Crippen LogP contribution < -0.4 is 5.32 Å². The van der Waals surface area contributed by atoms with Crippen LogP contribution in [0.4, 0.5) is 5.13 Å². The van der Waals surface area contributed by atoms with Gasteiger partial charge in [0.05, 0.1) is 20.8 Å². The molecule has 0 fully saturated rings. The van der Waals surface area contributed by atoms with Gasteiger partial charge in [-0.3, -0.25) is 10.1 Å². The highest BCUT2D eigenvalue weighted by Gasteiger charge is 2.13. The monoisotopic (exact) mass is 322 g/mol. The SMILES string of the molecule is O=C(Nc1nc2ccccc2s1)c1ccc(Cl)cc1Cl. The van der Waals surface area contributed by atoms with Crippen molar-refractivity contribution in [2.24, 2.45) is 0 Å². The highest BCUT2D eigenvalue weighted by molar-refractivity contribution is 7.22. The largest absolute Gasteiger partial charge is 0.298 e. The number of anilines is 1. The number of aromatic nitrogens is 1. The number of carbonyl (C=O) groups excluding carboxylic acids is 1. The molecule has 0 atom stereocenters. The maximum atomic E-state index is 12.2. The van der Waals surface area contributed by atoms with E-state index < -0.39 is 0 Å². The van der Waals surface area contributed by atoms with Crippen LogP contribution in [0, 0.1) is 0 Å². The Morgan fingerprint density at radius 3 is 2.70 bits per heavy atom. The van der Waals surface area contributed by atoms with Crippen LogP contribution in [0.25, 0.3) is 10.2 Å². The van der Waals surface area contributed by atoms with Gasteiger partial charge in [-0.2, -0.15) is 0 Å². The predicted octanol–water partition coefficient (Wildman–Crippen LogP) is 4.86. The summed E-state index contributed by atoms with van der Waals surface area (Å²) in [4.78, 5) is 16.5. The smallest absolute Gasteiger partial charge is 0.258 e. The molecule has 1 heterocycles. The number of benzene rings is 2. The van der Waals surface area contributed by atoms with Gasteiger partial charge in [0, 0.05) is 5.02 Å². The fourth-order valence-electron chi connectivity index (χ4n) is 1.76. The van der Waals surface area contributed by atoms with Crippen molar-refractivity contribution in [2.75, 3.05) is 5.32 Å². The molecule has 3 nitrogen and oxygen atoms in total. The quantitative estimate of drug-likeness (QED) is 0.732. The molecule has 0 aliphatic heterocycles. The lowest BCUT2D eigenvalue weighted by Gasteiger charge is -2.04. The molecule has 0 saturated heterocycles. The first kappa shape index (κ1) is 13.4. The molecule has 0 spiro atoms. The molecule has 0 saturated carbocycles. The summed E-state index contributed by atoms with van der Waals surface area (Å²) in [5, 5.41) is 4.10. The summed E-state index contributed by atoms with van der Waals surface area (Å²) >= 11 is 13.2. The highest BCUT2D eigenvalue weighted by Crippen LogP contribution is 2.27. The Balaban J connectivity index is 1.88. The van der Waals surface area contributed by atoms with Crippen LogP contribution in [0.5, 0.6) is 0 Å². The number of nitrogens with zero attached hydrogens (tertiary/aromatic N) is 1. The van der Waals surface area contributed by atoms with Crippen molar-refractivity contribution >= 4 is 55.8 Å². The van der Waals surface area contributed by atoms with E-state index in [0.717, 1.165) is 10.2 Å². The minimum atomic E-state index is -0.300. The molecule has 100 valence electrons. The van der Waals surface area contributed by atoms with Crippen LogP contribution in [-0.4, -0.2) is 10.9 Å². The standard InChI is InChI=1S/C14H8Cl2N2OS/c15-8-5-6-9(10(16)7-8)13(19)18-14-17-11-3-1-2-4-12(11)20-14/h1-7H,(H,17,18,19). The fraction of sp³-hybridized carbons (Fsp3) is 0. The molecule has 2 aromatic carbocycles. The third kappa shape index (κ3) is 2.63. The van der Waals surface area contributed by atoms with Crippen molar-refractivity contribution < 1.29 is 4.79 Å². The second-order valence-electron chi connectivity index (χ2n) is 4.07. The molecule has 0 bridgehead atoms. The number of halogens is 2. The van der Waals surface area contributed by atoms with Gasteiger partial charge < -0.3 is 0 Å². The molecule has 1 N–H and O–H groups in total. The van der Waals surface area contributed by atoms with Crippen LogP contribution in [0.2, 0.25) is 10.0 Å². The van der Waals surface area contributed by atoms with Crippen LogP contribution in [0.3, 0.4) is 0 Å². The molecule has 0 radical (unpaired) electrons. The Morgan fingerprint density at radius 1 is 1.15 bits per heavy atom. The van der Waals surface area contributed by atoms with E-state index in [-0.39, 0.29) is 5.91 Å². The summed E-state index contributed by atoms with van der Waals surface area (Å²) in [5.41, 5.74) is 1.23. The van der Waals surface area contributed by atoms with Gasteiger partial charge in [0.2, 0.25) is 0 Å². The van der Waals surface area contributed by atoms with Gasteiger partial charge in [0.1, 0.15) is 0 Å². The van der Waals surface area contributed by atoms with Crippen LogP contribution in [0.1, 0.15) is 10.4 Å². The number of hydrogen-bond acceptors (Lipinski definition) is 3. The Kier molecular flexibility index (Phi) is 3.61. The molecular weight excluding hydrogens is 315 g/mol. The van der Waals surface area contributed by atoms with E-state index in [2.05, 4.69) is 10.3 Å². The second kappa shape index (κ2) is 5.40. The average Bonchev–Trinajstić information content (AvgIpc) is 2.80. The summed E-state index contributed by atoms with van der Waals surface area (Å²) in [6, 6.07) is 12.4. The first-order chi connectivity index (χ1) is 9.63. The zero-order valence-corrected chi connectivity index (χ0v) is 12.4. The van der Waals surface area contributed by atoms with Crippen LogP contribution >= 0.6 is 34.5 Å². The normalized spacial score (nSPS) is 10.7. The molecule has 1 aromatic heterocycles. The van der Waals surface area contributed by atoms with E-state index in [0.29, 0.717) is 20.7 Å². The number of para-hydroxylation sites is 1. The topological polar surface area (TPSA) is 42.0 Å². The lowest BCUT2D eigenvalue weighted by atomic mass is 10.2. The number of amides is 1. The van der Waals surface area contributed by atoms with Crippen molar-refractivity contribution in [2.45, 2.75) is 0 Å². The van der Waals surface area contributed by atoms with E-state index in [1.54, 1.807) is 12.1 Å². The number of nitrogens with one attached hydrogen (secondary N) is 1. The molecular formula is C14H8Cl2N2OS. The molecule has 3 rings (SSSR count). The average molecular weight is 323 g/mol. The minimum absolute atomic E-state index is 0.300. The predicted molar refractivity (Wildman–Crippen MR) is 84.0 cm³/mol. The summed E-state index contributed by atoms with van der Waals surface area (Å²) in [7, 11) is 0. The van der Waals surface area contributed by atoms with E-state index in [4.69, 9.17) is 23.2 Å². The van der Waals surface area contributed by atoms with Crippen molar-refractivity contribution in [3.63, 3.8) is 0 Å². The first-order valence-electron chi connectivity index (χ1n) is 5.75. The van der Waals surface area contributed by atoms with Gasteiger partial charge in [-0.15, -0.1) is 0 Å². The number of hydrogen-bond donors (Lipinski definition) is 1. The Hall–Kier alpha value is -1.62. The summed E-state index contributed by atoms with van der Waals surface area (Å²) < 4.78 is 1.02. The molecule has 0 aliphatic carbocycles. The molecule has 0 aliphatic rings. The maximum Gasteiger partial charge on any atom is 0.258 e. The van der Waals surface area contributed by atoms with E-state index in [1.165, 1.54) is 17.4 Å². The second-order valence-corrected chi connectivity index (χ2v) is 5.94. The zero-order valence-electron chi connectivity index (χ0n) is 10.1. The lowest BCUT2D eigenvalue weighted by molar-refractivity contribution is 0.102. The van der Waals surface area contributed by atoms with Gasteiger partial charge in [0.15, 0.2) is 5.13 Å². The number of carbonyl (C=O) groups is 1. The Bertz CT molecular complexity index is 768. The van der Waals surface area contributed by atoms with Gasteiger partial charge in [-0.25, -0.2) is 4.98 Å². The van der Waals surface area contributed by atoms with Gasteiger partial charge in [0.25, 0.3) is 5.91 Å². The molecule has 20 heavy (non-hydrogen) atoms. The maximum absolute atomic E-state index is 12.2. The number of fused-ring (bicyclic) bond motifs is 1. The molecule has 6 heteroatoms. The van der Waals surface area contributed by atoms with E-state index in [1.807, 2.05) is 24.3 Å². The molecule has 3 aromatic rings. The first-order valence-corrected chi connectivity index (χ1v) is 7.33. The van der Waals surface area contributed by atoms with Gasteiger partial charge >= 0.3 is 0 Å². The van der Waals surface area contributed by atoms with Crippen molar-refractivity contribution in [1.82, 2.24) is 4.98 Å². The summed E-state index contributed by atoms with van der Waals surface area (Å²) in [5.74, 6) is -0.300. The van der Waals surface area contributed by atoms with Gasteiger partial charge in [-0.05, 0) is 30.3 Å². The van der Waals surface area contributed by atoms with E-state index in [9.17, 15) is 4.79 Å². The van der Waals surface area contributed by atoms with Gasteiger partial charge in [-0.1, -0.05) is 46.7 Å². The summed E-state index contributed by atoms with van der Waals surface area (Å²) in [6.45, 7) is 0.